The highest BCUT2D eigenvalue weighted by atomic mass is 79.9. The van der Waals surface area contributed by atoms with E-state index >= 15 is 0 Å². The van der Waals surface area contributed by atoms with Crippen molar-refractivity contribution in [3.05, 3.63) is 20.8 Å². The molecule has 0 aliphatic rings. The maximum absolute atomic E-state index is 12.1. The first kappa shape index (κ1) is 14.7. The molecule has 0 saturated heterocycles. The fraction of sp³-hybridized carbons (Fsp3) is 0.583. The molecule has 0 unspecified atom stereocenters. The molecule has 1 heterocycles. The van der Waals surface area contributed by atoms with Gasteiger partial charge in [-0.25, -0.2) is 0 Å². The Kier molecular flexibility index (Phi) is 4.75. The van der Waals surface area contributed by atoms with Crippen LogP contribution >= 0.6 is 27.3 Å². The van der Waals surface area contributed by atoms with Gasteiger partial charge in [-0.2, -0.15) is 0 Å². The molecule has 0 aromatic carbocycles. The first-order chi connectivity index (χ1) is 7.71. The van der Waals surface area contributed by atoms with Gasteiger partial charge >= 0.3 is 0 Å². The van der Waals surface area contributed by atoms with Crippen LogP contribution in [0, 0.1) is 5.41 Å². The van der Waals surface area contributed by atoms with E-state index in [1.807, 2.05) is 32.9 Å². The molecule has 1 aromatic heterocycles. The van der Waals surface area contributed by atoms with E-state index in [4.69, 9.17) is 5.73 Å². The molecule has 1 amide bonds. The molecule has 5 heteroatoms. The number of carbonyl (C=O) groups excluding carboxylic acids is 1. The Morgan fingerprint density at radius 1 is 1.53 bits per heavy atom. The van der Waals surface area contributed by atoms with Gasteiger partial charge in [-0.05, 0) is 33.5 Å². The van der Waals surface area contributed by atoms with E-state index in [9.17, 15) is 4.79 Å². The second-order valence-corrected chi connectivity index (χ2v) is 7.79. The predicted molar refractivity (Wildman–Crippen MR) is 75.9 cm³/mol. The van der Waals surface area contributed by atoms with Crippen molar-refractivity contribution in [1.82, 2.24) is 4.90 Å². The summed E-state index contributed by atoms with van der Waals surface area (Å²) in [5.74, 6) is -0.0120. The summed E-state index contributed by atoms with van der Waals surface area (Å²) < 4.78 is 1.08. The van der Waals surface area contributed by atoms with Gasteiger partial charge < -0.3 is 10.6 Å². The third kappa shape index (κ3) is 4.08. The number of thiophene rings is 1. The van der Waals surface area contributed by atoms with Crippen LogP contribution in [0.15, 0.2) is 15.9 Å². The molecule has 0 aliphatic carbocycles. The lowest BCUT2D eigenvalue weighted by Crippen LogP contribution is -2.48. The molecule has 96 valence electrons. The lowest BCUT2D eigenvalue weighted by atomic mass is 9.86. The quantitative estimate of drug-likeness (QED) is 0.931. The number of nitrogens with zero attached hydrogens (tertiary/aromatic N) is 1. The Morgan fingerprint density at radius 2 is 2.12 bits per heavy atom. The van der Waals surface area contributed by atoms with E-state index in [0.29, 0.717) is 6.54 Å². The van der Waals surface area contributed by atoms with Gasteiger partial charge in [-0.3, -0.25) is 4.79 Å². The van der Waals surface area contributed by atoms with Crippen molar-refractivity contribution < 1.29 is 4.79 Å². The molecule has 0 radical (unpaired) electrons. The van der Waals surface area contributed by atoms with Gasteiger partial charge in [0.15, 0.2) is 0 Å². The Bertz CT molecular complexity index is 397. The molecule has 1 aromatic rings. The molecule has 0 aliphatic heterocycles. The summed E-state index contributed by atoms with van der Waals surface area (Å²) in [6, 6.07) is 3.54. The predicted octanol–water partition coefficient (Wildman–Crippen LogP) is 2.84. The van der Waals surface area contributed by atoms with E-state index in [2.05, 4.69) is 15.9 Å². The number of carbonyl (C=O) groups is 1. The minimum Gasteiger partial charge on any atom is -0.339 e. The SMILES string of the molecule is CN(Cc1ccc(Br)s1)C(=O)[C@@H](N)C(C)(C)C. The molecule has 0 fully saturated rings. The van der Waals surface area contributed by atoms with Crippen molar-refractivity contribution in [1.29, 1.82) is 0 Å². The summed E-state index contributed by atoms with van der Waals surface area (Å²) in [6.07, 6.45) is 0. The van der Waals surface area contributed by atoms with E-state index in [1.54, 1.807) is 23.3 Å². The zero-order valence-electron chi connectivity index (χ0n) is 10.7. The van der Waals surface area contributed by atoms with Crippen LogP contribution in [-0.4, -0.2) is 23.9 Å². The minimum atomic E-state index is -0.462. The lowest BCUT2D eigenvalue weighted by molar-refractivity contribution is -0.134. The number of nitrogens with two attached hydrogens (primary N) is 1. The fourth-order valence-corrected chi connectivity index (χ4v) is 2.89. The average molecular weight is 319 g/mol. The lowest BCUT2D eigenvalue weighted by Gasteiger charge is -2.29. The van der Waals surface area contributed by atoms with E-state index in [-0.39, 0.29) is 11.3 Å². The van der Waals surface area contributed by atoms with E-state index < -0.39 is 6.04 Å². The van der Waals surface area contributed by atoms with Gasteiger partial charge in [0.25, 0.3) is 0 Å². The molecule has 1 atom stereocenters. The molecule has 3 nitrogen and oxygen atoms in total. The van der Waals surface area contributed by atoms with Crippen LogP contribution in [0.25, 0.3) is 0 Å². The third-order valence-corrected chi connectivity index (χ3v) is 4.21. The monoisotopic (exact) mass is 318 g/mol. The molecular formula is C12H19BrN2OS. The van der Waals surface area contributed by atoms with Crippen LogP contribution in [0.2, 0.25) is 0 Å². The zero-order chi connectivity index (χ0) is 13.2. The first-order valence-electron chi connectivity index (χ1n) is 5.46. The summed E-state index contributed by atoms with van der Waals surface area (Å²) in [6.45, 7) is 6.54. The van der Waals surface area contributed by atoms with E-state index in [0.717, 1.165) is 8.66 Å². The molecule has 1 rings (SSSR count). The van der Waals surface area contributed by atoms with Crippen LogP contribution < -0.4 is 5.73 Å². The van der Waals surface area contributed by atoms with Crippen LogP contribution in [0.4, 0.5) is 0 Å². The minimum absolute atomic E-state index is 0.0120. The number of hydrogen-bond donors (Lipinski definition) is 1. The highest BCUT2D eigenvalue weighted by Crippen LogP contribution is 2.24. The normalized spacial score (nSPS) is 13.5. The van der Waals surface area contributed by atoms with Crippen molar-refractivity contribution in [2.75, 3.05) is 7.05 Å². The standard InChI is InChI=1S/C12H19BrN2OS/c1-12(2,3)10(14)11(16)15(4)7-8-5-6-9(13)17-8/h5-6,10H,7,14H2,1-4H3/t10-/m1/s1. The van der Waals surface area contributed by atoms with Gasteiger partial charge in [0.2, 0.25) is 5.91 Å². The summed E-state index contributed by atoms with van der Waals surface area (Å²) in [4.78, 5) is 14.9. The summed E-state index contributed by atoms with van der Waals surface area (Å²) >= 11 is 5.04. The topological polar surface area (TPSA) is 46.3 Å². The van der Waals surface area contributed by atoms with Crippen LogP contribution in [0.5, 0.6) is 0 Å². The van der Waals surface area contributed by atoms with Crippen LogP contribution in [0.3, 0.4) is 0 Å². The Morgan fingerprint density at radius 3 is 2.53 bits per heavy atom. The third-order valence-electron chi connectivity index (χ3n) is 2.60. The van der Waals surface area contributed by atoms with Crippen molar-refractivity contribution in [3.63, 3.8) is 0 Å². The summed E-state index contributed by atoms with van der Waals surface area (Å²) in [7, 11) is 1.79. The summed E-state index contributed by atoms with van der Waals surface area (Å²) in [5.41, 5.74) is 5.75. The van der Waals surface area contributed by atoms with E-state index in [1.165, 1.54) is 0 Å². The zero-order valence-corrected chi connectivity index (χ0v) is 13.1. The van der Waals surface area contributed by atoms with Crippen molar-refractivity contribution >= 4 is 33.2 Å². The Balaban J connectivity index is 2.65. The first-order valence-corrected chi connectivity index (χ1v) is 7.07. The number of hydrogen-bond acceptors (Lipinski definition) is 3. The molecule has 2 N–H and O–H groups in total. The molecule has 0 spiro atoms. The Hall–Kier alpha value is -0.390. The molecule has 0 saturated carbocycles. The van der Waals surface area contributed by atoms with Gasteiger partial charge in [0.05, 0.1) is 16.4 Å². The molecule has 0 bridgehead atoms. The van der Waals surface area contributed by atoms with Gasteiger partial charge in [0.1, 0.15) is 0 Å². The Labute approximate surface area is 115 Å². The maximum atomic E-state index is 12.1. The van der Waals surface area contributed by atoms with Crippen LogP contribution in [0.1, 0.15) is 25.6 Å². The molecule has 17 heavy (non-hydrogen) atoms. The largest absolute Gasteiger partial charge is 0.339 e. The second-order valence-electron chi connectivity index (χ2n) is 5.24. The summed E-state index contributed by atoms with van der Waals surface area (Å²) in [5, 5.41) is 0. The van der Waals surface area contributed by atoms with Gasteiger partial charge in [-0.1, -0.05) is 20.8 Å². The number of rotatable bonds is 3. The number of amides is 1. The van der Waals surface area contributed by atoms with Gasteiger partial charge in [0, 0.05) is 11.9 Å². The average Bonchev–Trinajstić information content (AvgIpc) is 2.60. The smallest absolute Gasteiger partial charge is 0.240 e. The van der Waals surface area contributed by atoms with Crippen LogP contribution in [-0.2, 0) is 11.3 Å². The van der Waals surface area contributed by atoms with Gasteiger partial charge in [-0.15, -0.1) is 11.3 Å². The number of likely N-dealkylation sites (N-methyl/N-ethyl adjacent to an activating group) is 1. The fourth-order valence-electron chi connectivity index (χ4n) is 1.36. The highest BCUT2D eigenvalue weighted by molar-refractivity contribution is 9.11. The van der Waals surface area contributed by atoms with Crippen molar-refractivity contribution in [2.24, 2.45) is 11.1 Å². The maximum Gasteiger partial charge on any atom is 0.240 e. The highest BCUT2D eigenvalue weighted by Gasteiger charge is 2.29. The second kappa shape index (κ2) is 5.50. The van der Waals surface area contributed by atoms with Crippen molar-refractivity contribution in [2.45, 2.75) is 33.4 Å². The molecular weight excluding hydrogens is 300 g/mol. The van der Waals surface area contributed by atoms with Crippen molar-refractivity contribution in [3.8, 4) is 0 Å². The number of halogens is 1.